The quantitative estimate of drug-likeness (QED) is 0.540. The molecule has 196 valence electrons. The van der Waals surface area contributed by atoms with Crippen molar-refractivity contribution in [3.8, 4) is 0 Å². The van der Waals surface area contributed by atoms with E-state index in [1.807, 2.05) is 6.08 Å². The fourth-order valence-electron chi connectivity index (χ4n) is 4.77. The fraction of sp³-hybridized carbons (Fsp3) is 0.519. The Labute approximate surface area is 215 Å². The summed E-state index contributed by atoms with van der Waals surface area (Å²) < 4.78 is 28.2. The summed E-state index contributed by atoms with van der Waals surface area (Å²) in [5.74, 6) is 0.205. The fourth-order valence-corrected chi connectivity index (χ4v) is 5.71. The number of nitrogens with one attached hydrogen (secondary N) is 1. The molecule has 0 bridgehead atoms. The molecule has 1 fully saturated rings. The van der Waals surface area contributed by atoms with Crippen LogP contribution < -0.4 is 15.4 Å². The lowest BCUT2D eigenvalue weighted by molar-refractivity contribution is 0.0981. The molecule has 36 heavy (non-hydrogen) atoms. The summed E-state index contributed by atoms with van der Waals surface area (Å²) in [5.41, 5.74) is 7.01. The topological polar surface area (TPSA) is 118 Å². The predicted octanol–water partition coefficient (Wildman–Crippen LogP) is 4.91. The lowest BCUT2D eigenvalue weighted by Gasteiger charge is -2.35. The van der Waals surface area contributed by atoms with Crippen LogP contribution in [0.4, 0.5) is 11.6 Å². The largest absolute Gasteiger partial charge is 0.384 e. The number of aromatic nitrogens is 2. The first-order chi connectivity index (χ1) is 16.7. The minimum atomic E-state index is -4.24. The van der Waals surface area contributed by atoms with E-state index in [0.717, 1.165) is 37.1 Å². The molecule has 0 aromatic carbocycles. The number of pyridine rings is 2. The molecule has 0 aliphatic carbocycles. The summed E-state index contributed by atoms with van der Waals surface area (Å²) in [6.07, 6.45) is 6.85. The standard InChI is InChI=1S/C27H39N5O3S/c1-8-9-10-12-19-15-20(25(33)31-36(34,35)22-14-11-13-21(28)29-22)24(30-23(19)26(3,4)5)32-17-18(2)16-27(32,6)7/h10-15,18H,8-9,16-17H2,1-7H3,(H2,28,29)(H,31,33)/b12-10+. The lowest BCUT2D eigenvalue weighted by Crippen LogP contribution is -2.41. The van der Waals surface area contributed by atoms with Gasteiger partial charge in [-0.2, -0.15) is 8.42 Å². The smallest absolute Gasteiger partial charge is 0.281 e. The van der Waals surface area contributed by atoms with E-state index in [2.05, 4.69) is 69.1 Å². The zero-order chi connectivity index (χ0) is 26.9. The summed E-state index contributed by atoms with van der Waals surface area (Å²) in [6, 6.07) is 6.04. The first kappa shape index (κ1) is 27.6. The van der Waals surface area contributed by atoms with E-state index in [-0.39, 0.29) is 27.4 Å². The van der Waals surface area contributed by atoms with Gasteiger partial charge < -0.3 is 10.6 Å². The maximum atomic E-state index is 13.6. The third kappa shape index (κ3) is 6.06. The van der Waals surface area contributed by atoms with E-state index < -0.39 is 15.9 Å². The maximum absolute atomic E-state index is 13.6. The predicted molar refractivity (Wildman–Crippen MR) is 145 cm³/mol. The highest BCUT2D eigenvalue weighted by Crippen LogP contribution is 2.39. The van der Waals surface area contributed by atoms with Gasteiger partial charge in [0.1, 0.15) is 11.6 Å². The summed E-state index contributed by atoms with van der Waals surface area (Å²) in [4.78, 5) is 24.7. The first-order valence-corrected chi connectivity index (χ1v) is 13.9. The molecular weight excluding hydrogens is 474 g/mol. The second-order valence-electron chi connectivity index (χ2n) is 11.3. The van der Waals surface area contributed by atoms with Crippen LogP contribution in [0.3, 0.4) is 0 Å². The monoisotopic (exact) mass is 513 g/mol. The molecule has 8 nitrogen and oxygen atoms in total. The molecule has 2 aromatic heterocycles. The van der Waals surface area contributed by atoms with Crippen molar-refractivity contribution in [2.24, 2.45) is 5.92 Å². The zero-order valence-electron chi connectivity index (χ0n) is 22.4. The number of rotatable bonds is 7. The van der Waals surface area contributed by atoms with Gasteiger partial charge in [0.05, 0.1) is 11.3 Å². The number of carbonyl (C=O) groups excluding carboxylic acids is 1. The molecule has 3 heterocycles. The van der Waals surface area contributed by atoms with Gasteiger partial charge in [0.15, 0.2) is 5.03 Å². The Morgan fingerprint density at radius 2 is 1.97 bits per heavy atom. The third-order valence-electron chi connectivity index (χ3n) is 6.32. The van der Waals surface area contributed by atoms with Gasteiger partial charge in [-0.15, -0.1) is 0 Å². The van der Waals surface area contributed by atoms with Crippen LogP contribution in [0.5, 0.6) is 0 Å². The van der Waals surface area contributed by atoms with Crippen LogP contribution in [-0.4, -0.2) is 36.4 Å². The molecular formula is C27H39N5O3S. The van der Waals surface area contributed by atoms with Crippen molar-refractivity contribution in [3.63, 3.8) is 0 Å². The minimum Gasteiger partial charge on any atom is -0.384 e. The lowest BCUT2D eigenvalue weighted by atomic mass is 9.87. The number of unbranched alkanes of at least 4 members (excludes halogenated alkanes) is 1. The second-order valence-corrected chi connectivity index (χ2v) is 12.9. The molecule has 1 aliphatic heterocycles. The number of nitrogen functional groups attached to an aromatic ring is 1. The average molecular weight is 514 g/mol. The number of anilines is 2. The van der Waals surface area contributed by atoms with Crippen LogP contribution in [0.25, 0.3) is 6.08 Å². The summed E-state index contributed by atoms with van der Waals surface area (Å²) in [7, 11) is -4.24. The van der Waals surface area contributed by atoms with Crippen molar-refractivity contribution in [3.05, 3.63) is 47.2 Å². The molecule has 0 radical (unpaired) electrons. The molecule has 2 aromatic rings. The molecule has 1 saturated heterocycles. The van der Waals surface area contributed by atoms with Crippen LogP contribution in [0, 0.1) is 5.92 Å². The van der Waals surface area contributed by atoms with Gasteiger partial charge in [0.2, 0.25) is 0 Å². The molecule has 3 rings (SSSR count). The van der Waals surface area contributed by atoms with Crippen LogP contribution in [0.2, 0.25) is 0 Å². The zero-order valence-corrected chi connectivity index (χ0v) is 23.2. The van der Waals surface area contributed by atoms with Crippen LogP contribution in [0.1, 0.15) is 89.3 Å². The molecule has 3 N–H and O–H groups in total. The van der Waals surface area contributed by atoms with E-state index >= 15 is 0 Å². The average Bonchev–Trinajstić information content (AvgIpc) is 3.04. The maximum Gasteiger partial charge on any atom is 0.281 e. The normalized spacial score (nSPS) is 18.1. The highest BCUT2D eigenvalue weighted by molar-refractivity contribution is 7.90. The number of nitrogens with zero attached hydrogens (tertiary/aromatic N) is 3. The number of amides is 1. The Morgan fingerprint density at radius 1 is 1.28 bits per heavy atom. The third-order valence-corrected chi connectivity index (χ3v) is 7.55. The highest BCUT2D eigenvalue weighted by atomic mass is 32.2. The van der Waals surface area contributed by atoms with Gasteiger partial charge in [0, 0.05) is 17.5 Å². The summed E-state index contributed by atoms with van der Waals surface area (Å²) in [5, 5.41) is -0.310. The highest BCUT2D eigenvalue weighted by Gasteiger charge is 2.40. The van der Waals surface area contributed by atoms with Crippen molar-refractivity contribution >= 4 is 33.6 Å². The van der Waals surface area contributed by atoms with Crippen molar-refractivity contribution in [1.29, 1.82) is 0 Å². The summed E-state index contributed by atoms with van der Waals surface area (Å²) >= 11 is 0. The minimum absolute atomic E-state index is 0.0540. The Hall–Kier alpha value is -2.94. The van der Waals surface area contributed by atoms with Gasteiger partial charge in [0.25, 0.3) is 15.9 Å². The van der Waals surface area contributed by atoms with Gasteiger partial charge in [-0.3, -0.25) is 4.79 Å². The molecule has 1 atom stereocenters. The van der Waals surface area contributed by atoms with E-state index in [9.17, 15) is 13.2 Å². The number of hydrogen-bond acceptors (Lipinski definition) is 7. The number of hydrogen-bond donors (Lipinski definition) is 2. The number of carbonyl (C=O) groups is 1. The van der Waals surface area contributed by atoms with Crippen molar-refractivity contribution in [2.45, 2.75) is 83.7 Å². The number of sulfonamides is 1. The van der Waals surface area contributed by atoms with Gasteiger partial charge in [-0.1, -0.05) is 59.3 Å². The molecule has 9 heteroatoms. The molecule has 1 amide bonds. The van der Waals surface area contributed by atoms with Crippen LogP contribution >= 0.6 is 0 Å². The van der Waals surface area contributed by atoms with E-state index in [4.69, 9.17) is 10.7 Å². The first-order valence-electron chi connectivity index (χ1n) is 12.4. The molecule has 1 aliphatic rings. The van der Waals surface area contributed by atoms with Crippen molar-refractivity contribution in [1.82, 2.24) is 14.7 Å². The van der Waals surface area contributed by atoms with Crippen LogP contribution in [-0.2, 0) is 15.4 Å². The summed E-state index contributed by atoms with van der Waals surface area (Å²) in [6.45, 7) is 15.5. The Bertz CT molecular complexity index is 1260. The SMILES string of the molecule is CCC/C=C/c1cc(C(=O)NS(=O)(=O)c2cccc(N)n2)c(N2CC(C)CC2(C)C)nc1C(C)(C)C. The van der Waals surface area contributed by atoms with E-state index in [0.29, 0.717) is 11.7 Å². The van der Waals surface area contributed by atoms with Crippen molar-refractivity contribution < 1.29 is 13.2 Å². The van der Waals surface area contributed by atoms with Crippen molar-refractivity contribution in [2.75, 3.05) is 17.2 Å². The van der Waals surface area contributed by atoms with Gasteiger partial charge in [-0.05, 0) is 56.4 Å². The van der Waals surface area contributed by atoms with Gasteiger partial charge >= 0.3 is 0 Å². The van der Waals surface area contributed by atoms with Gasteiger partial charge in [-0.25, -0.2) is 14.7 Å². The Morgan fingerprint density at radius 3 is 2.53 bits per heavy atom. The number of allylic oxidation sites excluding steroid dienone is 1. The Kier molecular flexibility index (Phi) is 7.83. The Balaban J connectivity index is 2.18. The van der Waals surface area contributed by atoms with E-state index in [1.54, 1.807) is 6.07 Å². The second kappa shape index (κ2) is 10.2. The molecule has 1 unspecified atom stereocenters. The van der Waals surface area contributed by atoms with Crippen LogP contribution in [0.15, 0.2) is 35.4 Å². The molecule has 0 spiro atoms. The van der Waals surface area contributed by atoms with E-state index in [1.165, 1.54) is 18.2 Å². The number of nitrogens with two attached hydrogens (primary N) is 1. The molecule has 0 saturated carbocycles.